The summed E-state index contributed by atoms with van der Waals surface area (Å²) in [6.07, 6.45) is 1.04. The van der Waals surface area contributed by atoms with Crippen LogP contribution in [0.3, 0.4) is 0 Å². The lowest BCUT2D eigenvalue weighted by atomic mass is 9.27. The minimum absolute atomic E-state index is 0. The second kappa shape index (κ2) is 11.0. The van der Waals surface area contributed by atoms with Gasteiger partial charge >= 0.3 is 0 Å². The van der Waals surface area contributed by atoms with Crippen LogP contribution in [0.4, 0.5) is 0 Å². The summed E-state index contributed by atoms with van der Waals surface area (Å²) in [6, 6.07) is 20.8. The van der Waals surface area contributed by atoms with Crippen molar-refractivity contribution in [2.45, 2.75) is 13.2 Å². The molecule has 0 bridgehead atoms. The van der Waals surface area contributed by atoms with Crippen LogP contribution in [0.2, 0.25) is 6.32 Å². The molecule has 0 saturated heterocycles. The first-order chi connectivity index (χ1) is 8.38. The maximum absolute atomic E-state index is 4.96. The molecule has 0 aliphatic heterocycles. The maximum atomic E-state index is 4.96. The van der Waals surface area contributed by atoms with Crippen LogP contribution in [0.1, 0.15) is 6.92 Å². The molecule has 0 aliphatic rings. The van der Waals surface area contributed by atoms with Gasteiger partial charge in [0.15, 0.2) is 0 Å². The zero-order valence-corrected chi connectivity index (χ0v) is 11.4. The summed E-state index contributed by atoms with van der Waals surface area (Å²) in [4.78, 5) is 0. The third kappa shape index (κ3) is 6.61. The van der Waals surface area contributed by atoms with E-state index in [1.807, 2.05) is 26.2 Å². The van der Waals surface area contributed by atoms with Crippen LogP contribution in [0.15, 0.2) is 60.7 Å². The first-order valence-electron chi connectivity index (χ1n) is 5.85. The Kier molecular flexibility index (Phi) is 10.4. The number of hydrogen-bond acceptors (Lipinski definition) is 0. The maximum Gasteiger partial charge on any atom is 0.0541 e. The van der Waals surface area contributed by atoms with Gasteiger partial charge in [-0.15, -0.1) is 12.4 Å². The minimum Gasteiger partial charge on any atom is -0.147 e. The van der Waals surface area contributed by atoms with Crippen molar-refractivity contribution < 1.29 is 0 Å². The Hall–Kier alpha value is -1.08. The van der Waals surface area contributed by atoms with Crippen LogP contribution in [-0.4, -0.2) is 22.0 Å². The zero-order valence-electron chi connectivity index (χ0n) is 10.6. The molecular weight excluding hydrogens is 236 g/mol. The highest BCUT2D eigenvalue weighted by Gasteiger charge is 1.91. The fraction of sp³-hybridized carbons (Fsp3) is 0.143. The van der Waals surface area contributed by atoms with Gasteiger partial charge in [0, 0.05) is 14.8 Å². The van der Waals surface area contributed by atoms with Crippen molar-refractivity contribution in [3.63, 3.8) is 0 Å². The number of halogens is 1. The summed E-state index contributed by atoms with van der Waals surface area (Å²) in [5.74, 6) is 0. The van der Waals surface area contributed by atoms with Gasteiger partial charge in [-0.2, -0.15) is 0 Å². The van der Waals surface area contributed by atoms with E-state index < -0.39 is 0 Å². The van der Waals surface area contributed by atoms with Gasteiger partial charge < -0.3 is 0 Å². The highest BCUT2D eigenvalue weighted by Crippen LogP contribution is 2.17. The normalized spacial score (nSPS) is 8.28. The van der Waals surface area contributed by atoms with Crippen LogP contribution in [0, 0.1) is 0 Å². The molecule has 0 spiro atoms. The molecule has 0 amide bonds. The summed E-state index contributed by atoms with van der Waals surface area (Å²) in [5.41, 5.74) is 2.55. The van der Waals surface area contributed by atoms with Gasteiger partial charge in [-0.05, 0) is 11.1 Å². The van der Waals surface area contributed by atoms with Gasteiger partial charge in [-0.25, -0.2) is 0 Å². The molecule has 88 valence electrons. The third-order valence-corrected chi connectivity index (χ3v) is 2.25. The summed E-state index contributed by atoms with van der Waals surface area (Å²) >= 11 is 0. The standard InChI is InChI=1S/C12H10.C2H5B3.ClH/c1-3-7-11(8-4-1)12-9-5-2-6-10-12;1-2-4-5-3;/h1-10H;2H2,1H3;1H. The smallest absolute Gasteiger partial charge is 0.0541 e. The second-order valence-electron chi connectivity index (χ2n) is 3.57. The zero-order chi connectivity index (χ0) is 12.3. The molecule has 0 heterocycles. The van der Waals surface area contributed by atoms with Crippen LogP contribution in [0.5, 0.6) is 0 Å². The van der Waals surface area contributed by atoms with Gasteiger partial charge in [0.25, 0.3) is 0 Å². The van der Waals surface area contributed by atoms with Gasteiger partial charge in [0.05, 0.1) is 7.17 Å². The van der Waals surface area contributed by atoms with Crippen molar-refractivity contribution in [2.75, 3.05) is 0 Å². The summed E-state index contributed by atoms with van der Waals surface area (Å²) in [5, 5.41) is 0. The monoisotopic (exact) mass is 252 g/mol. The van der Waals surface area contributed by atoms with E-state index in [0.29, 0.717) is 0 Å². The van der Waals surface area contributed by atoms with Crippen molar-refractivity contribution in [3.8, 4) is 11.1 Å². The molecule has 0 aliphatic carbocycles. The van der Waals surface area contributed by atoms with E-state index in [9.17, 15) is 0 Å². The van der Waals surface area contributed by atoms with Gasteiger partial charge in [0.1, 0.15) is 0 Å². The van der Waals surface area contributed by atoms with Crippen molar-refractivity contribution in [1.29, 1.82) is 0 Å². The topological polar surface area (TPSA) is 0 Å². The Balaban J connectivity index is 0.000000421. The number of hydrogen-bond donors (Lipinski definition) is 0. The fourth-order valence-electron chi connectivity index (χ4n) is 1.40. The van der Waals surface area contributed by atoms with E-state index in [2.05, 4.69) is 48.5 Å². The molecule has 0 N–H and O–H groups in total. The molecule has 2 rings (SSSR count). The average molecular weight is 252 g/mol. The molecule has 0 aromatic heterocycles. The number of rotatable bonds is 3. The first kappa shape index (κ1) is 16.9. The number of benzene rings is 2. The average Bonchev–Trinajstić information content (AvgIpc) is 2.42. The van der Waals surface area contributed by atoms with Crippen LogP contribution in [0.25, 0.3) is 11.1 Å². The molecule has 4 heteroatoms. The molecule has 0 fully saturated rings. The minimum atomic E-state index is 0. The lowest BCUT2D eigenvalue weighted by molar-refractivity contribution is 1.47. The molecule has 2 aromatic rings. The molecule has 4 radical (unpaired) electrons. The van der Waals surface area contributed by atoms with Gasteiger partial charge in [-0.1, -0.05) is 73.9 Å². The van der Waals surface area contributed by atoms with E-state index in [1.165, 1.54) is 11.1 Å². The van der Waals surface area contributed by atoms with E-state index in [-0.39, 0.29) is 12.4 Å². The predicted molar refractivity (Wildman–Crippen MR) is 86.9 cm³/mol. The molecule has 18 heavy (non-hydrogen) atoms. The van der Waals surface area contributed by atoms with Crippen molar-refractivity contribution in [2.24, 2.45) is 0 Å². The molecular formula is C14H16B3Cl. The van der Waals surface area contributed by atoms with E-state index in [1.54, 1.807) is 7.06 Å². The second-order valence-corrected chi connectivity index (χ2v) is 3.57. The Morgan fingerprint density at radius 2 is 1.22 bits per heavy atom. The summed E-state index contributed by atoms with van der Waals surface area (Å²) in [7, 11) is 8.42. The Morgan fingerprint density at radius 3 is 1.44 bits per heavy atom. The lowest BCUT2D eigenvalue weighted by Crippen LogP contribution is -1.98. The molecule has 0 nitrogen and oxygen atoms in total. The van der Waals surface area contributed by atoms with Gasteiger partial charge in [0.2, 0.25) is 0 Å². The quantitative estimate of drug-likeness (QED) is 0.732. The Labute approximate surface area is 119 Å². The highest BCUT2D eigenvalue weighted by atomic mass is 35.5. The first-order valence-corrected chi connectivity index (χ1v) is 5.85. The molecule has 0 atom stereocenters. The largest absolute Gasteiger partial charge is 0.147 e. The van der Waals surface area contributed by atoms with Crippen LogP contribution in [-0.2, 0) is 0 Å². The summed E-state index contributed by atoms with van der Waals surface area (Å²) in [6.45, 7) is 2.04. The fourth-order valence-corrected chi connectivity index (χ4v) is 1.40. The Bertz CT molecular complexity index is 353. The van der Waals surface area contributed by atoms with Crippen LogP contribution >= 0.6 is 12.4 Å². The van der Waals surface area contributed by atoms with Crippen molar-refractivity contribution in [3.05, 3.63) is 60.7 Å². The molecule has 0 saturated carbocycles. The SMILES string of the molecule is Cl.[B][B][B]CC.c1ccc(-c2ccccc2)cc1. The van der Waals surface area contributed by atoms with E-state index in [4.69, 9.17) is 7.74 Å². The van der Waals surface area contributed by atoms with E-state index in [0.717, 1.165) is 6.32 Å². The highest BCUT2D eigenvalue weighted by molar-refractivity contribution is 7.23. The van der Waals surface area contributed by atoms with Crippen molar-refractivity contribution >= 4 is 34.4 Å². The molecule has 2 aromatic carbocycles. The third-order valence-electron chi connectivity index (χ3n) is 2.25. The van der Waals surface area contributed by atoms with Gasteiger partial charge in [-0.3, -0.25) is 0 Å². The van der Waals surface area contributed by atoms with E-state index >= 15 is 0 Å². The predicted octanol–water partition coefficient (Wildman–Crippen LogP) is 3.61. The summed E-state index contributed by atoms with van der Waals surface area (Å²) < 4.78 is 0. The van der Waals surface area contributed by atoms with Crippen molar-refractivity contribution in [1.82, 2.24) is 0 Å². The molecule has 0 unspecified atom stereocenters. The Morgan fingerprint density at radius 1 is 0.833 bits per heavy atom. The lowest BCUT2D eigenvalue weighted by Gasteiger charge is -1.98. The van der Waals surface area contributed by atoms with Crippen LogP contribution < -0.4 is 0 Å².